The summed E-state index contributed by atoms with van der Waals surface area (Å²) in [5.41, 5.74) is 2.90. The van der Waals surface area contributed by atoms with Crippen molar-refractivity contribution in [3.8, 4) is 0 Å². The van der Waals surface area contributed by atoms with E-state index < -0.39 is 0 Å². The van der Waals surface area contributed by atoms with Crippen LogP contribution in [0, 0.1) is 5.92 Å². The average molecular weight is 431 g/mol. The lowest BCUT2D eigenvalue weighted by Gasteiger charge is -2.36. The van der Waals surface area contributed by atoms with Crippen LogP contribution in [0.5, 0.6) is 0 Å². The van der Waals surface area contributed by atoms with E-state index in [0.29, 0.717) is 6.54 Å². The molecule has 2 fully saturated rings. The Balaban J connectivity index is 1.29. The molecule has 0 unspecified atom stereocenters. The highest BCUT2D eigenvalue weighted by molar-refractivity contribution is 5.82. The number of piperidine rings is 2. The van der Waals surface area contributed by atoms with Gasteiger partial charge in [-0.1, -0.05) is 18.2 Å². The SMILES string of the molecule is O=C(NCc1cccnc1)C1CCN(c2nc3ccccc3nc2N2CCCCC2)CC1. The summed E-state index contributed by atoms with van der Waals surface area (Å²) < 4.78 is 0. The molecule has 7 nitrogen and oxygen atoms in total. The topological polar surface area (TPSA) is 74.2 Å². The van der Waals surface area contributed by atoms with E-state index in [0.717, 1.165) is 67.3 Å². The molecule has 1 N–H and O–H groups in total. The van der Waals surface area contributed by atoms with Gasteiger partial charge in [0.15, 0.2) is 11.6 Å². The van der Waals surface area contributed by atoms with E-state index in [2.05, 4.69) is 20.1 Å². The van der Waals surface area contributed by atoms with Crippen LogP contribution >= 0.6 is 0 Å². The first-order chi connectivity index (χ1) is 15.8. The minimum Gasteiger partial charge on any atom is -0.354 e. The molecule has 0 atom stereocenters. The Kier molecular flexibility index (Phi) is 6.14. The zero-order valence-corrected chi connectivity index (χ0v) is 18.4. The highest BCUT2D eigenvalue weighted by atomic mass is 16.1. The van der Waals surface area contributed by atoms with Crippen molar-refractivity contribution in [3.63, 3.8) is 0 Å². The predicted molar refractivity (Wildman–Crippen MR) is 127 cm³/mol. The van der Waals surface area contributed by atoms with Gasteiger partial charge in [-0.25, -0.2) is 9.97 Å². The van der Waals surface area contributed by atoms with Gasteiger partial charge in [0.2, 0.25) is 5.91 Å². The molecule has 2 aromatic heterocycles. The van der Waals surface area contributed by atoms with Crippen molar-refractivity contribution in [2.45, 2.75) is 38.6 Å². The summed E-state index contributed by atoms with van der Waals surface area (Å²) in [7, 11) is 0. The van der Waals surface area contributed by atoms with Crippen LogP contribution in [0.2, 0.25) is 0 Å². The van der Waals surface area contributed by atoms with Gasteiger partial charge in [0.1, 0.15) is 0 Å². The largest absolute Gasteiger partial charge is 0.354 e. The molecule has 0 saturated carbocycles. The number of hydrogen-bond donors (Lipinski definition) is 1. The van der Waals surface area contributed by atoms with Crippen LogP contribution in [0.25, 0.3) is 11.0 Å². The molecule has 4 heterocycles. The Hall–Kier alpha value is -3.22. The number of fused-ring (bicyclic) bond motifs is 1. The molecule has 2 saturated heterocycles. The van der Waals surface area contributed by atoms with Crippen LogP contribution < -0.4 is 15.1 Å². The average Bonchev–Trinajstić information content (AvgIpc) is 2.88. The van der Waals surface area contributed by atoms with Crippen molar-refractivity contribution in [3.05, 3.63) is 54.4 Å². The number of hydrogen-bond acceptors (Lipinski definition) is 6. The van der Waals surface area contributed by atoms with Gasteiger partial charge in [-0.3, -0.25) is 9.78 Å². The fourth-order valence-corrected chi connectivity index (χ4v) is 4.70. The predicted octanol–water partition coefficient (Wildman–Crippen LogP) is 3.55. The maximum absolute atomic E-state index is 12.7. The van der Waals surface area contributed by atoms with Crippen LogP contribution in [0.15, 0.2) is 48.8 Å². The molecule has 2 aliphatic rings. The van der Waals surface area contributed by atoms with Gasteiger partial charge in [0.25, 0.3) is 0 Å². The first kappa shape index (κ1) is 20.7. The van der Waals surface area contributed by atoms with Crippen LogP contribution in [0.4, 0.5) is 11.6 Å². The maximum Gasteiger partial charge on any atom is 0.223 e. The molecule has 0 aliphatic carbocycles. The van der Waals surface area contributed by atoms with E-state index in [9.17, 15) is 4.79 Å². The summed E-state index contributed by atoms with van der Waals surface area (Å²) in [4.78, 5) is 31.6. The molecule has 32 heavy (non-hydrogen) atoms. The molecule has 1 aromatic carbocycles. The van der Waals surface area contributed by atoms with E-state index >= 15 is 0 Å². The molecule has 2 aliphatic heterocycles. The van der Waals surface area contributed by atoms with E-state index in [1.165, 1.54) is 19.3 Å². The minimum atomic E-state index is 0.0368. The summed E-state index contributed by atoms with van der Waals surface area (Å²) in [6, 6.07) is 12.0. The summed E-state index contributed by atoms with van der Waals surface area (Å²) >= 11 is 0. The minimum absolute atomic E-state index is 0.0368. The van der Waals surface area contributed by atoms with Crippen molar-refractivity contribution >= 4 is 28.6 Å². The van der Waals surface area contributed by atoms with Gasteiger partial charge in [-0.2, -0.15) is 0 Å². The smallest absolute Gasteiger partial charge is 0.223 e. The van der Waals surface area contributed by atoms with Crippen molar-refractivity contribution in [2.24, 2.45) is 5.92 Å². The third-order valence-corrected chi connectivity index (χ3v) is 6.54. The van der Waals surface area contributed by atoms with Crippen molar-refractivity contribution in [2.75, 3.05) is 36.0 Å². The number of benzene rings is 1. The highest BCUT2D eigenvalue weighted by Crippen LogP contribution is 2.32. The quantitative estimate of drug-likeness (QED) is 0.667. The zero-order valence-electron chi connectivity index (χ0n) is 18.4. The van der Waals surface area contributed by atoms with Gasteiger partial charge in [-0.05, 0) is 55.9 Å². The second-order valence-electron chi connectivity index (χ2n) is 8.75. The van der Waals surface area contributed by atoms with Crippen LogP contribution in [-0.2, 0) is 11.3 Å². The number of para-hydroxylation sites is 2. The van der Waals surface area contributed by atoms with Gasteiger partial charge in [0, 0.05) is 51.0 Å². The zero-order chi connectivity index (χ0) is 21.8. The van der Waals surface area contributed by atoms with E-state index in [4.69, 9.17) is 9.97 Å². The lowest BCUT2D eigenvalue weighted by atomic mass is 9.95. The van der Waals surface area contributed by atoms with E-state index in [1.54, 1.807) is 12.4 Å². The number of nitrogens with one attached hydrogen (secondary N) is 1. The van der Waals surface area contributed by atoms with Gasteiger partial charge in [0.05, 0.1) is 11.0 Å². The second-order valence-corrected chi connectivity index (χ2v) is 8.75. The summed E-state index contributed by atoms with van der Waals surface area (Å²) in [5.74, 6) is 2.15. The highest BCUT2D eigenvalue weighted by Gasteiger charge is 2.29. The first-order valence-corrected chi connectivity index (χ1v) is 11.7. The number of rotatable bonds is 5. The number of aromatic nitrogens is 3. The van der Waals surface area contributed by atoms with Gasteiger partial charge < -0.3 is 15.1 Å². The molecule has 0 spiro atoms. The number of carbonyl (C=O) groups is 1. The summed E-state index contributed by atoms with van der Waals surface area (Å²) in [5, 5.41) is 3.08. The third kappa shape index (κ3) is 4.52. The number of amides is 1. The van der Waals surface area contributed by atoms with Gasteiger partial charge >= 0.3 is 0 Å². The molecule has 1 amide bonds. The Morgan fingerprint density at radius 1 is 0.875 bits per heavy atom. The van der Waals surface area contributed by atoms with Crippen LogP contribution in [0.1, 0.15) is 37.7 Å². The molecule has 7 heteroatoms. The molecule has 166 valence electrons. The lowest BCUT2D eigenvalue weighted by Crippen LogP contribution is -2.42. The summed E-state index contributed by atoms with van der Waals surface area (Å²) in [6.45, 7) is 4.24. The lowest BCUT2D eigenvalue weighted by molar-refractivity contribution is -0.125. The normalized spacial score (nSPS) is 17.5. The van der Waals surface area contributed by atoms with Crippen LogP contribution in [-0.4, -0.2) is 47.0 Å². The molecule has 0 radical (unpaired) electrons. The Labute approximate surface area is 188 Å². The number of pyridine rings is 1. The van der Waals surface area contributed by atoms with Gasteiger partial charge in [-0.15, -0.1) is 0 Å². The van der Waals surface area contributed by atoms with Crippen molar-refractivity contribution < 1.29 is 4.79 Å². The number of carbonyl (C=O) groups excluding carboxylic acids is 1. The third-order valence-electron chi connectivity index (χ3n) is 6.54. The Bertz CT molecular complexity index is 1060. The van der Waals surface area contributed by atoms with E-state index in [1.807, 2.05) is 36.4 Å². The van der Waals surface area contributed by atoms with E-state index in [-0.39, 0.29) is 11.8 Å². The molecular formula is C25H30N6O. The Morgan fingerprint density at radius 2 is 1.53 bits per heavy atom. The molecule has 0 bridgehead atoms. The molecule has 5 rings (SSSR count). The summed E-state index contributed by atoms with van der Waals surface area (Å²) in [6.07, 6.45) is 8.88. The fourth-order valence-electron chi connectivity index (χ4n) is 4.70. The number of anilines is 2. The fraction of sp³-hybridized carbons (Fsp3) is 0.440. The molecule has 3 aromatic rings. The number of nitrogens with zero attached hydrogens (tertiary/aromatic N) is 5. The van der Waals surface area contributed by atoms with Crippen molar-refractivity contribution in [1.82, 2.24) is 20.3 Å². The van der Waals surface area contributed by atoms with Crippen molar-refractivity contribution in [1.29, 1.82) is 0 Å². The Morgan fingerprint density at radius 3 is 2.16 bits per heavy atom. The maximum atomic E-state index is 12.7. The second kappa shape index (κ2) is 9.51. The van der Waals surface area contributed by atoms with Crippen LogP contribution in [0.3, 0.4) is 0 Å². The molecular weight excluding hydrogens is 400 g/mol. The standard InChI is InChI=1S/C25H30N6O/c32-25(27-18-19-7-6-12-26-17-19)20-10-15-31(16-11-20)24-23(30-13-4-1-5-14-30)28-21-8-2-3-9-22(21)29-24/h2-3,6-9,12,17,20H,1,4-5,10-11,13-16,18H2,(H,27,32). The monoisotopic (exact) mass is 430 g/mol. The first-order valence-electron chi connectivity index (χ1n) is 11.7.